The second-order valence-electron chi connectivity index (χ2n) is 7.92. The molecule has 0 bridgehead atoms. The Bertz CT molecular complexity index is 648. The van der Waals surface area contributed by atoms with Gasteiger partial charge in [0.15, 0.2) is 0 Å². The van der Waals surface area contributed by atoms with Crippen molar-refractivity contribution in [1.82, 2.24) is 25.0 Å². The highest BCUT2D eigenvalue weighted by Crippen LogP contribution is 2.26. The predicted molar refractivity (Wildman–Crippen MR) is 102 cm³/mol. The van der Waals surface area contributed by atoms with Gasteiger partial charge in [-0.15, -0.1) is 0 Å². The summed E-state index contributed by atoms with van der Waals surface area (Å²) < 4.78 is 0. The van der Waals surface area contributed by atoms with Crippen molar-refractivity contribution < 1.29 is 9.59 Å². The molecule has 0 radical (unpaired) electrons. The van der Waals surface area contributed by atoms with Crippen molar-refractivity contribution >= 4 is 12.1 Å². The molecule has 1 aromatic rings. The summed E-state index contributed by atoms with van der Waals surface area (Å²) in [6, 6.07) is 4.43. The molecule has 0 unspecified atom stereocenters. The number of nitrogens with zero attached hydrogens (tertiary/aromatic N) is 4. The van der Waals surface area contributed by atoms with Crippen LogP contribution in [0.4, 0.5) is 9.59 Å². The first-order valence-corrected chi connectivity index (χ1v) is 10.2. The van der Waals surface area contributed by atoms with Gasteiger partial charge >= 0.3 is 12.1 Å². The summed E-state index contributed by atoms with van der Waals surface area (Å²) in [7, 11) is 0. The number of piperidine rings is 2. The van der Waals surface area contributed by atoms with E-state index in [1.54, 1.807) is 12.4 Å². The van der Waals surface area contributed by atoms with Gasteiger partial charge in [-0.05, 0) is 49.8 Å². The van der Waals surface area contributed by atoms with Crippen molar-refractivity contribution in [3.63, 3.8) is 0 Å². The third-order valence-electron chi connectivity index (χ3n) is 6.07. The molecule has 1 aromatic heterocycles. The van der Waals surface area contributed by atoms with E-state index >= 15 is 0 Å². The third-order valence-corrected chi connectivity index (χ3v) is 6.07. The number of carbonyl (C=O) groups excluding carboxylic acids is 2. The van der Waals surface area contributed by atoms with Crippen molar-refractivity contribution in [1.29, 1.82) is 0 Å². The summed E-state index contributed by atoms with van der Waals surface area (Å²) in [6.07, 6.45) is 8.76. The minimum Gasteiger partial charge on any atom is -0.335 e. The molecule has 3 aliphatic rings. The van der Waals surface area contributed by atoms with Gasteiger partial charge in [-0.2, -0.15) is 0 Å². The van der Waals surface area contributed by atoms with E-state index in [9.17, 15) is 9.59 Å². The summed E-state index contributed by atoms with van der Waals surface area (Å²) in [6.45, 7) is 4.79. The molecule has 7 heteroatoms. The summed E-state index contributed by atoms with van der Waals surface area (Å²) in [4.78, 5) is 34.9. The molecule has 146 valence electrons. The molecule has 27 heavy (non-hydrogen) atoms. The number of pyridine rings is 1. The molecular weight excluding hydrogens is 342 g/mol. The maximum atomic E-state index is 12.6. The van der Waals surface area contributed by atoms with Crippen LogP contribution >= 0.6 is 0 Å². The third kappa shape index (κ3) is 4.17. The summed E-state index contributed by atoms with van der Waals surface area (Å²) >= 11 is 0. The Balaban J connectivity index is 1.18. The van der Waals surface area contributed by atoms with Gasteiger partial charge in [-0.1, -0.05) is 0 Å². The Labute approximate surface area is 160 Å². The van der Waals surface area contributed by atoms with Crippen molar-refractivity contribution in [2.24, 2.45) is 0 Å². The van der Waals surface area contributed by atoms with Crippen molar-refractivity contribution in [3.05, 3.63) is 30.1 Å². The lowest BCUT2D eigenvalue weighted by Crippen LogP contribution is -2.56. The van der Waals surface area contributed by atoms with E-state index in [0.717, 1.165) is 65.0 Å². The standard InChI is InChI=1S/C20H29N5O2/c26-19(25-14-17(15-25)16-4-8-21-9-5-16)22-18-6-12-24(13-7-18)20(27)23-10-2-1-3-11-23/h4-5,8-9,17-18H,1-3,6-7,10-15H2,(H,22,26). The van der Waals surface area contributed by atoms with Gasteiger partial charge < -0.3 is 20.0 Å². The molecule has 4 amide bonds. The summed E-state index contributed by atoms with van der Waals surface area (Å²) in [5, 5.41) is 3.15. The van der Waals surface area contributed by atoms with Crippen LogP contribution in [-0.2, 0) is 0 Å². The van der Waals surface area contributed by atoms with Gasteiger partial charge in [0.05, 0.1) is 0 Å². The highest BCUT2D eigenvalue weighted by Gasteiger charge is 2.33. The minimum absolute atomic E-state index is 0.0288. The Hall–Kier alpha value is -2.31. The van der Waals surface area contributed by atoms with Gasteiger partial charge in [0.2, 0.25) is 0 Å². The number of rotatable bonds is 2. The zero-order valence-electron chi connectivity index (χ0n) is 15.8. The van der Waals surface area contributed by atoms with Crippen LogP contribution in [-0.4, -0.2) is 77.1 Å². The Kier molecular flexibility index (Phi) is 5.45. The molecule has 0 spiro atoms. The lowest BCUT2D eigenvalue weighted by Gasteiger charge is -2.41. The average molecular weight is 371 g/mol. The van der Waals surface area contributed by atoms with Crippen molar-refractivity contribution in [3.8, 4) is 0 Å². The number of nitrogens with one attached hydrogen (secondary N) is 1. The molecule has 7 nitrogen and oxygen atoms in total. The average Bonchev–Trinajstić information content (AvgIpc) is 2.68. The van der Waals surface area contributed by atoms with Crippen LogP contribution in [0.15, 0.2) is 24.5 Å². The SMILES string of the molecule is O=C(NC1CCN(C(=O)N2CCCCC2)CC1)N1CC(c2ccncc2)C1. The minimum atomic E-state index is 0.0288. The molecular formula is C20H29N5O2. The van der Waals surface area contributed by atoms with Crippen LogP contribution in [0.2, 0.25) is 0 Å². The monoisotopic (exact) mass is 371 g/mol. The lowest BCUT2D eigenvalue weighted by molar-refractivity contribution is 0.123. The van der Waals surface area contributed by atoms with E-state index in [-0.39, 0.29) is 18.1 Å². The van der Waals surface area contributed by atoms with E-state index in [1.807, 2.05) is 26.8 Å². The zero-order chi connectivity index (χ0) is 18.6. The maximum absolute atomic E-state index is 12.6. The molecule has 0 saturated carbocycles. The van der Waals surface area contributed by atoms with E-state index in [4.69, 9.17) is 0 Å². The number of amides is 4. The number of carbonyl (C=O) groups is 2. The van der Waals surface area contributed by atoms with Gasteiger partial charge in [0, 0.05) is 63.6 Å². The molecule has 3 aliphatic heterocycles. The normalized spacial score (nSPS) is 21.7. The Morgan fingerprint density at radius 3 is 2.19 bits per heavy atom. The number of hydrogen-bond donors (Lipinski definition) is 1. The zero-order valence-corrected chi connectivity index (χ0v) is 15.8. The molecule has 0 aromatic carbocycles. The molecule has 1 N–H and O–H groups in total. The number of urea groups is 2. The first kappa shape index (κ1) is 18.1. The van der Waals surface area contributed by atoms with Gasteiger partial charge in [0.25, 0.3) is 0 Å². The number of likely N-dealkylation sites (tertiary alicyclic amines) is 3. The largest absolute Gasteiger partial charge is 0.335 e. The highest BCUT2D eigenvalue weighted by molar-refractivity contribution is 5.76. The van der Waals surface area contributed by atoms with E-state index < -0.39 is 0 Å². The van der Waals surface area contributed by atoms with Crippen LogP contribution < -0.4 is 5.32 Å². The Morgan fingerprint density at radius 2 is 1.52 bits per heavy atom. The van der Waals surface area contributed by atoms with Crippen LogP contribution in [0.3, 0.4) is 0 Å². The predicted octanol–water partition coefficient (Wildman–Crippen LogP) is 2.26. The fraction of sp³-hybridized carbons (Fsp3) is 0.650. The number of aromatic nitrogens is 1. The molecule has 0 aliphatic carbocycles. The van der Waals surface area contributed by atoms with Crippen molar-refractivity contribution in [2.75, 3.05) is 39.3 Å². The maximum Gasteiger partial charge on any atom is 0.319 e. The fourth-order valence-corrected chi connectivity index (χ4v) is 4.26. The van der Waals surface area contributed by atoms with Gasteiger partial charge in [-0.3, -0.25) is 4.98 Å². The van der Waals surface area contributed by atoms with Crippen molar-refractivity contribution in [2.45, 2.75) is 44.1 Å². The van der Waals surface area contributed by atoms with Crippen LogP contribution in [0, 0.1) is 0 Å². The van der Waals surface area contributed by atoms with Gasteiger partial charge in [-0.25, -0.2) is 9.59 Å². The second kappa shape index (κ2) is 8.15. The molecule has 4 heterocycles. The molecule has 0 atom stereocenters. The molecule has 4 rings (SSSR count). The van der Waals surface area contributed by atoms with E-state index in [2.05, 4.69) is 10.3 Å². The quantitative estimate of drug-likeness (QED) is 0.867. The Morgan fingerprint density at radius 1 is 0.889 bits per heavy atom. The molecule has 3 saturated heterocycles. The fourth-order valence-electron chi connectivity index (χ4n) is 4.26. The first-order valence-electron chi connectivity index (χ1n) is 10.2. The summed E-state index contributed by atoms with van der Waals surface area (Å²) in [5.74, 6) is 0.419. The van der Waals surface area contributed by atoms with Crippen LogP contribution in [0.25, 0.3) is 0 Å². The van der Waals surface area contributed by atoms with E-state index in [0.29, 0.717) is 5.92 Å². The topological polar surface area (TPSA) is 68.8 Å². The first-order chi connectivity index (χ1) is 13.2. The smallest absolute Gasteiger partial charge is 0.319 e. The lowest BCUT2D eigenvalue weighted by atomic mass is 9.92. The van der Waals surface area contributed by atoms with Crippen LogP contribution in [0.1, 0.15) is 43.6 Å². The second-order valence-corrected chi connectivity index (χ2v) is 7.92. The van der Waals surface area contributed by atoms with Crippen LogP contribution in [0.5, 0.6) is 0 Å². The summed E-state index contributed by atoms with van der Waals surface area (Å²) in [5.41, 5.74) is 1.25. The van der Waals surface area contributed by atoms with E-state index in [1.165, 1.54) is 12.0 Å². The van der Waals surface area contributed by atoms with Gasteiger partial charge in [0.1, 0.15) is 0 Å². The molecule has 3 fully saturated rings. The highest BCUT2D eigenvalue weighted by atomic mass is 16.2. The number of hydrogen-bond acceptors (Lipinski definition) is 3.